The third-order valence-electron chi connectivity index (χ3n) is 1.71. The van der Waals surface area contributed by atoms with Crippen LogP contribution in [0.2, 0.25) is 0 Å². The molecule has 0 unspecified atom stereocenters. The lowest BCUT2D eigenvalue weighted by Crippen LogP contribution is -2.31. The lowest BCUT2D eigenvalue weighted by molar-refractivity contribution is 0.204. The van der Waals surface area contributed by atoms with E-state index in [0.717, 1.165) is 9.26 Å². The van der Waals surface area contributed by atoms with E-state index in [2.05, 4.69) is 33.2 Å². The van der Waals surface area contributed by atoms with Gasteiger partial charge >= 0.3 is 0 Å². The summed E-state index contributed by atoms with van der Waals surface area (Å²) in [7, 11) is 1.66. The molecular formula is C10H13IN2OS. The van der Waals surface area contributed by atoms with Gasteiger partial charge in [0.1, 0.15) is 0 Å². The van der Waals surface area contributed by atoms with Crippen LogP contribution in [-0.4, -0.2) is 25.4 Å². The average Bonchev–Trinajstić information content (AvgIpc) is 2.22. The summed E-state index contributed by atoms with van der Waals surface area (Å²) in [5.74, 6) is 0. The summed E-state index contributed by atoms with van der Waals surface area (Å²) in [6.45, 7) is 1.36. The van der Waals surface area contributed by atoms with E-state index in [1.54, 1.807) is 7.11 Å². The van der Waals surface area contributed by atoms with Crippen molar-refractivity contribution in [3.8, 4) is 0 Å². The number of rotatable bonds is 4. The van der Waals surface area contributed by atoms with Crippen LogP contribution in [0.4, 0.5) is 5.69 Å². The number of ether oxygens (including phenoxy) is 1. The number of anilines is 1. The standard InChI is InChI=1S/C10H13IN2OS/c1-14-7-6-12-10(15)13-9-5-3-2-4-8(9)11/h2-5H,6-7H2,1H3,(H2,12,13,15). The number of methoxy groups -OCH3 is 1. The van der Waals surface area contributed by atoms with Crippen molar-refractivity contribution < 1.29 is 4.74 Å². The van der Waals surface area contributed by atoms with Gasteiger partial charge < -0.3 is 15.4 Å². The highest BCUT2D eigenvalue weighted by Gasteiger charge is 1.99. The first kappa shape index (κ1) is 12.7. The molecule has 0 aliphatic heterocycles. The largest absolute Gasteiger partial charge is 0.383 e. The second-order valence-electron chi connectivity index (χ2n) is 2.85. The number of hydrogen-bond acceptors (Lipinski definition) is 2. The molecule has 0 spiro atoms. The van der Waals surface area contributed by atoms with Crippen LogP contribution in [0.15, 0.2) is 24.3 Å². The van der Waals surface area contributed by atoms with Crippen LogP contribution >= 0.6 is 34.8 Å². The van der Waals surface area contributed by atoms with Crippen LogP contribution in [0.3, 0.4) is 0 Å². The lowest BCUT2D eigenvalue weighted by Gasteiger charge is -2.11. The van der Waals surface area contributed by atoms with Gasteiger partial charge in [0.05, 0.1) is 12.3 Å². The van der Waals surface area contributed by atoms with Gasteiger partial charge in [-0.2, -0.15) is 0 Å². The summed E-state index contributed by atoms with van der Waals surface area (Å²) in [5, 5.41) is 6.80. The molecule has 1 rings (SSSR count). The third-order valence-corrected chi connectivity index (χ3v) is 2.90. The van der Waals surface area contributed by atoms with Gasteiger partial charge in [-0.1, -0.05) is 12.1 Å². The molecule has 3 nitrogen and oxygen atoms in total. The minimum Gasteiger partial charge on any atom is -0.383 e. The maximum atomic E-state index is 5.13. The van der Waals surface area contributed by atoms with Crippen LogP contribution in [0.1, 0.15) is 0 Å². The Balaban J connectivity index is 2.41. The van der Waals surface area contributed by atoms with Crippen LogP contribution in [0.5, 0.6) is 0 Å². The quantitative estimate of drug-likeness (QED) is 0.502. The first-order valence-electron chi connectivity index (χ1n) is 4.52. The van der Waals surface area contributed by atoms with Crippen LogP contribution in [0, 0.1) is 3.57 Å². The van der Waals surface area contributed by atoms with E-state index < -0.39 is 0 Å². The Bertz CT molecular complexity index is 333. The average molecular weight is 336 g/mol. The molecule has 2 N–H and O–H groups in total. The molecule has 1 aromatic carbocycles. The Hall–Kier alpha value is -0.400. The summed E-state index contributed by atoms with van der Waals surface area (Å²) >= 11 is 7.39. The van der Waals surface area contributed by atoms with Crippen molar-refractivity contribution in [1.29, 1.82) is 0 Å². The summed E-state index contributed by atoms with van der Waals surface area (Å²) < 4.78 is 6.06. The Morgan fingerprint density at radius 1 is 1.47 bits per heavy atom. The van der Waals surface area contributed by atoms with E-state index in [1.165, 1.54) is 0 Å². The fourth-order valence-corrected chi connectivity index (χ4v) is 1.73. The summed E-state index contributed by atoms with van der Waals surface area (Å²) in [6.07, 6.45) is 0. The smallest absolute Gasteiger partial charge is 0.170 e. The number of halogens is 1. The monoisotopic (exact) mass is 336 g/mol. The molecule has 0 saturated heterocycles. The Morgan fingerprint density at radius 3 is 2.87 bits per heavy atom. The Kier molecular flexibility index (Phi) is 5.89. The van der Waals surface area contributed by atoms with Crippen molar-refractivity contribution in [3.63, 3.8) is 0 Å². The molecule has 0 aliphatic rings. The minimum absolute atomic E-state index is 0.621. The van der Waals surface area contributed by atoms with Gasteiger partial charge in [-0.25, -0.2) is 0 Å². The van der Waals surface area contributed by atoms with Crippen molar-refractivity contribution in [1.82, 2.24) is 5.32 Å². The number of nitrogens with one attached hydrogen (secondary N) is 2. The topological polar surface area (TPSA) is 33.3 Å². The van der Waals surface area contributed by atoms with Gasteiger partial charge in [-0.15, -0.1) is 0 Å². The maximum absolute atomic E-state index is 5.13. The van der Waals surface area contributed by atoms with Crippen LogP contribution in [-0.2, 0) is 4.74 Å². The highest BCUT2D eigenvalue weighted by Crippen LogP contribution is 2.16. The van der Waals surface area contributed by atoms with Gasteiger partial charge in [0.25, 0.3) is 0 Å². The lowest BCUT2D eigenvalue weighted by atomic mass is 10.3. The number of hydrogen-bond donors (Lipinski definition) is 2. The van der Waals surface area contributed by atoms with Gasteiger partial charge in [0.2, 0.25) is 0 Å². The van der Waals surface area contributed by atoms with Gasteiger partial charge in [-0.05, 0) is 46.9 Å². The molecule has 0 aromatic heterocycles. The SMILES string of the molecule is COCCNC(=S)Nc1ccccc1I. The van der Waals surface area contributed by atoms with Crippen molar-refractivity contribution in [2.24, 2.45) is 0 Å². The zero-order valence-electron chi connectivity index (χ0n) is 8.42. The van der Waals surface area contributed by atoms with Crippen molar-refractivity contribution in [3.05, 3.63) is 27.8 Å². The fraction of sp³-hybridized carbons (Fsp3) is 0.300. The Morgan fingerprint density at radius 2 is 2.20 bits per heavy atom. The molecule has 0 amide bonds. The normalized spacial score (nSPS) is 9.73. The zero-order chi connectivity index (χ0) is 11.1. The molecule has 0 fully saturated rings. The van der Waals surface area contributed by atoms with E-state index in [0.29, 0.717) is 18.3 Å². The highest BCUT2D eigenvalue weighted by atomic mass is 127. The molecule has 0 heterocycles. The van der Waals surface area contributed by atoms with Crippen molar-refractivity contribution in [2.45, 2.75) is 0 Å². The molecule has 0 bridgehead atoms. The van der Waals surface area contributed by atoms with Crippen LogP contribution < -0.4 is 10.6 Å². The van der Waals surface area contributed by atoms with Gasteiger partial charge in [0.15, 0.2) is 5.11 Å². The first-order chi connectivity index (χ1) is 7.24. The van der Waals surface area contributed by atoms with E-state index in [-0.39, 0.29) is 0 Å². The molecule has 0 saturated carbocycles. The van der Waals surface area contributed by atoms with E-state index in [4.69, 9.17) is 17.0 Å². The van der Waals surface area contributed by atoms with E-state index >= 15 is 0 Å². The fourth-order valence-electron chi connectivity index (χ4n) is 0.996. The van der Waals surface area contributed by atoms with Crippen LogP contribution in [0.25, 0.3) is 0 Å². The Labute approximate surface area is 109 Å². The van der Waals surface area contributed by atoms with Gasteiger partial charge in [-0.3, -0.25) is 0 Å². The molecule has 0 radical (unpaired) electrons. The first-order valence-corrected chi connectivity index (χ1v) is 6.01. The zero-order valence-corrected chi connectivity index (χ0v) is 11.4. The molecular weight excluding hydrogens is 323 g/mol. The van der Waals surface area contributed by atoms with Crippen molar-refractivity contribution >= 4 is 45.6 Å². The molecule has 1 aromatic rings. The third kappa shape index (κ3) is 4.76. The molecule has 0 aliphatic carbocycles. The number of para-hydroxylation sites is 1. The minimum atomic E-state index is 0.621. The number of thiocarbonyl (C=S) groups is 1. The second kappa shape index (κ2) is 6.97. The van der Waals surface area contributed by atoms with Crippen molar-refractivity contribution in [2.75, 3.05) is 25.6 Å². The molecule has 0 atom stereocenters. The second-order valence-corrected chi connectivity index (χ2v) is 4.42. The predicted octanol–water partition coefficient (Wildman–Crippen LogP) is 2.22. The van der Waals surface area contributed by atoms with E-state index in [1.807, 2.05) is 24.3 Å². The number of benzene rings is 1. The highest BCUT2D eigenvalue weighted by molar-refractivity contribution is 14.1. The maximum Gasteiger partial charge on any atom is 0.170 e. The summed E-state index contributed by atoms with van der Waals surface area (Å²) in [5.41, 5.74) is 1.02. The molecule has 82 valence electrons. The molecule has 15 heavy (non-hydrogen) atoms. The summed E-state index contributed by atoms with van der Waals surface area (Å²) in [4.78, 5) is 0. The van der Waals surface area contributed by atoms with Gasteiger partial charge in [0, 0.05) is 17.2 Å². The van der Waals surface area contributed by atoms with E-state index in [9.17, 15) is 0 Å². The molecule has 5 heteroatoms. The summed E-state index contributed by atoms with van der Waals surface area (Å²) in [6, 6.07) is 7.99. The predicted molar refractivity (Wildman–Crippen MR) is 75.3 cm³/mol.